The first kappa shape index (κ1) is 17.5. The van der Waals surface area contributed by atoms with Crippen molar-refractivity contribution in [1.29, 1.82) is 0 Å². The number of carboxylic acids is 1. The van der Waals surface area contributed by atoms with Gasteiger partial charge < -0.3 is 10.4 Å². The Balaban J connectivity index is 2.43. The zero-order valence-electron chi connectivity index (χ0n) is 12.4. The summed E-state index contributed by atoms with van der Waals surface area (Å²) >= 11 is 5.85. The van der Waals surface area contributed by atoms with Crippen LogP contribution in [0.25, 0.3) is 0 Å². The van der Waals surface area contributed by atoms with E-state index < -0.39 is 5.97 Å². The molecule has 1 aromatic rings. The predicted molar refractivity (Wildman–Crippen MR) is 83.6 cm³/mol. The molecule has 0 radical (unpaired) electrons. The lowest BCUT2D eigenvalue weighted by Gasteiger charge is -2.20. The fourth-order valence-corrected chi connectivity index (χ4v) is 2.41. The van der Waals surface area contributed by atoms with Crippen molar-refractivity contribution in [3.05, 3.63) is 34.9 Å². The molecule has 116 valence electrons. The van der Waals surface area contributed by atoms with Gasteiger partial charge in [0.15, 0.2) is 0 Å². The molecule has 0 heterocycles. The van der Waals surface area contributed by atoms with Gasteiger partial charge in [0.1, 0.15) is 0 Å². The van der Waals surface area contributed by atoms with E-state index in [-0.39, 0.29) is 12.3 Å². The molecule has 1 amide bonds. The van der Waals surface area contributed by atoms with Crippen molar-refractivity contribution in [3.8, 4) is 0 Å². The van der Waals surface area contributed by atoms with Crippen LogP contribution < -0.4 is 5.32 Å². The minimum absolute atomic E-state index is 0.154. The van der Waals surface area contributed by atoms with Crippen molar-refractivity contribution < 1.29 is 14.7 Å². The molecule has 1 atom stereocenters. The zero-order valence-corrected chi connectivity index (χ0v) is 13.2. The normalized spacial score (nSPS) is 12.2. The molecular formula is C16H22ClNO3. The lowest BCUT2D eigenvalue weighted by atomic mass is 9.88. The highest BCUT2D eigenvalue weighted by molar-refractivity contribution is 6.30. The summed E-state index contributed by atoms with van der Waals surface area (Å²) in [5.74, 6) is -0.241. The van der Waals surface area contributed by atoms with Crippen LogP contribution in [0, 0.1) is 11.8 Å². The molecule has 1 aromatic carbocycles. The fourth-order valence-electron chi connectivity index (χ4n) is 2.22. The Morgan fingerprint density at radius 1 is 1.29 bits per heavy atom. The van der Waals surface area contributed by atoms with Crippen molar-refractivity contribution in [2.45, 2.75) is 33.1 Å². The van der Waals surface area contributed by atoms with E-state index in [1.807, 2.05) is 0 Å². The second-order valence-corrected chi connectivity index (χ2v) is 5.93. The van der Waals surface area contributed by atoms with Gasteiger partial charge in [0.2, 0.25) is 0 Å². The van der Waals surface area contributed by atoms with Crippen molar-refractivity contribution >= 4 is 23.5 Å². The minimum atomic E-state index is -0.774. The number of carbonyl (C=O) groups is 2. The van der Waals surface area contributed by atoms with Gasteiger partial charge in [0.25, 0.3) is 5.91 Å². The van der Waals surface area contributed by atoms with Crippen LogP contribution in [-0.4, -0.2) is 23.5 Å². The molecule has 0 saturated heterocycles. The molecule has 0 fully saturated rings. The van der Waals surface area contributed by atoms with Crippen molar-refractivity contribution in [2.75, 3.05) is 6.54 Å². The second kappa shape index (κ2) is 8.67. The van der Waals surface area contributed by atoms with Gasteiger partial charge in [0.05, 0.1) is 0 Å². The van der Waals surface area contributed by atoms with E-state index in [9.17, 15) is 9.59 Å². The maximum absolute atomic E-state index is 12.0. The molecule has 0 spiro atoms. The van der Waals surface area contributed by atoms with E-state index in [1.54, 1.807) is 24.3 Å². The highest BCUT2D eigenvalue weighted by Gasteiger charge is 2.15. The Hall–Kier alpha value is -1.55. The summed E-state index contributed by atoms with van der Waals surface area (Å²) in [7, 11) is 0. The smallest absolute Gasteiger partial charge is 0.303 e. The van der Waals surface area contributed by atoms with E-state index in [0.717, 1.165) is 6.42 Å². The van der Waals surface area contributed by atoms with E-state index in [1.165, 1.54) is 0 Å². The molecule has 0 aliphatic carbocycles. The molecule has 0 bridgehead atoms. The molecule has 1 unspecified atom stereocenters. The number of carbonyl (C=O) groups excluding carboxylic acids is 1. The minimum Gasteiger partial charge on any atom is -0.481 e. The van der Waals surface area contributed by atoms with E-state index in [2.05, 4.69) is 19.2 Å². The summed E-state index contributed by atoms with van der Waals surface area (Å²) < 4.78 is 0. The molecule has 2 N–H and O–H groups in total. The predicted octanol–water partition coefficient (Wildman–Crippen LogP) is 3.60. The van der Waals surface area contributed by atoms with Crippen LogP contribution in [0.4, 0.5) is 0 Å². The quantitative estimate of drug-likeness (QED) is 0.771. The summed E-state index contributed by atoms with van der Waals surface area (Å²) in [4.78, 5) is 22.6. The topological polar surface area (TPSA) is 66.4 Å². The molecule has 0 saturated carbocycles. The summed E-state index contributed by atoms with van der Waals surface area (Å²) in [6.07, 6.45) is 1.59. The van der Waals surface area contributed by atoms with Crippen LogP contribution in [0.5, 0.6) is 0 Å². The third kappa shape index (κ3) is 6.63. The molecule has 5 heteroatoms. The maximum atomic E-state index is 12.0. The number of halogens is 1. The fraction of sp³-hybridized carbons (Fsp3) is 0.500. The first-order valence-electron chi connectivity index (χ1n) is 7.15. The average Bonchev–Trinajstić information content (AvgIpc) is 2.41. The molecule has 21 heavy (non-hydrogen) atoms. The summed E-state index contributed by atoms with van der Waals surface area (Å²) in [5, 5.41) is 12.1. The highest BCUT2D eigenvalue weighted by Crippen LogP contribution is 2.20. The van der Waals surface area contributed by atoms with Gasteiger partial charge in [-0.3, -0.25) is 9.59 Å². The first-order chi connectivity index (χ1) is 9.90. The summed E-state index contributed by atoms with van der Waals surface area (Å²) in [6, 6.07) is 6.80. The lowest BCUT2D eigenvalue weighted by molar-refractivity contribution is -0.137. The van der Waals surface area contributed by atoms with Gasteiger partial charge in [0, 0.05) is 23.6 Å². The van der Waals surface area contributed by atoms with Crippen LogP contribution in [0.1, 0.15) is 43.5 Å². The third-order valence-corrected chi connectivity index (χ3v) is 3.79. The number of benzene rings is 1. The van der Waals surface area contributed by atoms with E-state index in [0.29, 0.717) is 35.4 Å². The Bertz CT molecular complexity index is 488. The SMILES string of the molecule is CC(C)C(CCNC(=O)c1cccc(Cl)c1)CCC(=O)O. The first-order valence-corrected chi connectivity index (χ1v) is 7.53. The van der Waals surface area contributed by atoms with Crippen LogP contribution in [0.15, 0.2) is 24.3 Å². The standard InChI is InChI=1S/C16H22ClNO3/c1-11(2)12(6-7-15(19)20)8-9-18-16(21)13-4-3-5-14(17)10-13/h3-5,10-12H,6-9H2,1-2H3,(H,18,21)(H,19,20). The maximum Gasteiger partial charge on any atom is 0.303 e. The van der Waals surface area contributed by atoms with Crippen LogP contribution in [0.3, 0.4) is 0 Å². The number of amides is 1. The van der Waals surface area contributed by atoms with Gasteiger partial charge in [-0.2, -0.15) is 0 Å². The van der Waals surface area contributed by atoms with Gasteiger partial charge in [-0.1, -0.05) is 31.5 Å². The Morgan fingerprint density at radius 2 is 2.00 bits per heavy atom. The Labute approximate surface area is 130 Å². The second-order valence-electron chi connectivity index (χ2n) is 5.49. The zero-order chi connectivity index (χ0) is 15.8. The molecular weight excluding hydrogens is 290 g/mol. The lowest BCUT2D eigenvalue weighted by Crippen LogP contribution is -2.27. The average molecular weight is 312 g/mol. The Kier molecular flexibility index (Phi) is 7.23. The van der Waals surface area contributed by atoms with Gasteiger partial charge in [-0.15, -0.1) is 0 Å². The highest BCUT2D eigenvalue weighted by atomic mass is 35.5. The van der Waals surface area contributed by atoms with Crippen molar-refractivity contribution in [2.24, 2.45) is 11.8 Å². The van der Waals surface area contributed by atoms with E-state index >= 15 is 0 Å². The summed E-state index contributed by atoms with van der Waals surface area (Å²) in [6.45, 7) is 4.68. The van der Waals surface area contributed by atoms with Crippen molar-refractivity contribution in [3.63, 3.8) is 0 Å². The van der Waals surface area contributed by atoms with Gasteiger partial charge in [-0.05, 0) is 42.9 Å². The summed E-state index contributed by atoms with van der Waals surface area (Å²) in [5.41, 5.74) is 0.536. The molecule has 1 rings (SSSR count). The van der Waals surface area contributed by atoms with Gasteiger partial charge in [-0.25, -0.2) is 0 Å². The molecule has 0 aromatic heterocycles. The number of rotatable bonds is 8. The largest absolute Gasteiger partial charge is 0.481 e. The monoisotopic (exact) mass is 311 g/mol. The van der Waals surface area contributed by atoms with Crippen molar-refractivity contribution in [1.82, 2.24) is 5.32 Å². The number of nitrogens with one attached hydrogen (secondary N) is 1. The number of carboxylic acid groups (broad SMARTS) is 1. The van der Waals surface area contributed by atoms with Crippen LogP contribution in [0.2, 0.25) is 5.02 Å². The number of hydrogen-bond donors (Lipinski definition) is 2. The molecule has 4 nitrogen and oxygen atoms in total. The third-order valence-electron chi connectivity index (χ3n) is 3.56. The van der Waals surface area contributed by atoms with Crippen LogP contribution in [-0.2, 0) is 4.79 Å². The van der Waals surface area contributed by atoms with E-state index in [4.69, 9.17) is 16.7 Å². The molecule has 0 aliphatic heterocycles. The number of aliphatic carboxylic acids is 1. The Morgan fingerprint density at radius 3 is 2.57 bits per heavy atom. The number of hydrogen-bond acceptors (Lipinski definition) is 2. The van der Waals surface area contributed by atoms with Crippen LogP contribution >= 0.6 is 11.6 Å². The van der Waals surface area contributed by atoms with Gasteiger partial charge >= 0.3 is 5.97 Å². The molecule has 0 aliphatic rings.